The van der Waals surface area contributed by atoms with Gasteiger partial charge in [-0.1, -0.05) is 26.7 Å². The smallest absolute Gasteiger partial charge is 0.387 e. The molecular formula is C15H24O7Zr. The summed E-state index contributed by atoms with van der Waals surface area (Å²) in [5.41, 5.74) is 0. The van der Waals surface area contributed by atoms with Crippen LogP contribution in [0.25, 0.3) is 0 Å². The van der Waals surface area contributed by atoms with Gasteiger partial charge in [0.25, 0.3) is 0 Å². The third-order valence-electron chi connectivity index (χ3n) is 2.79. The van der Waals surface area contributed by atoms with E-state index in [2.05, 4.69) is 4.74 Å². The number of ether oxygens (including phenoxy) is 3. The van der Waals surface area contributed by atoms with Gasteiger partial charge in [0.15, 0.2) is 5.78 Å². The van der Waals surface area contributed by atoms with Gasteiger partial charge < -0.3 is 14.2 Å². The molecule has 0 radical (unpaired) electrons. The van der Waals surface area contributed by atoms with Gasteiger partial charge in [0.2, 0.25) is 0 Å². The first-order valence-electron chi connectivity index (χ1n) is 7.37. The molecule has 0 saturated heterocycles. The van der Waals surface area contributed by atoms with E-state index >= 15 is 0 Å². The van der Waals surface area contributed by atoms with Crippen LogP contribution in [-0.2, 0) is 59.6 Å². The topological polar surface area (TPSA) is 96.0 Å². The summed E-state index contributed by atoms with van der Waals surface area (Å²) < 4.78 is 14.9. The van der Waals surface area contributed by atoms with Crippen LogP contribution in [-0.4, -0.2) is 42.5 Å². The zero-order valence-electron chi connectivity index (χ0n) is 14.1. The molecule has 0 fully saturated rings. The molecule has 0 aromatic heterocycles. The Hall–Kier alpha value is -0.717. The number of esters is 2. The molecule has 8 heteroatoms. The molecule has 0 bridgehead atoms. The Kier molecular flexibility index (Phi) is 13.5. The van der Waals surface area contributed by atoms with Gasteiger partial charge in [-0.3, -0.25) is 14.4 Å². The van der Waals surface area contributed by atoms with Crippen LogP contribution in [0.1, 0.15) is 53.4 Å². The van der Waals surface area contributed by atoms with E-state index in [-0.39, 0.29) is 39.4 Å². The minimum absolute atomic E-state index is 0. The second-order valence-electron chi connectivity index (χ2n) is 4.79. The Balaban J connectivity index is 0. The van der Waals surface area contributed by atoms with Gasteiger partial charge in [-0.05, 0) is 12.8 Å². The molecule has 0 aliphatic carbocycles. The number of Topliss-reactive ketones (excluding diaryl/α,β-unsaturated/α-hetero) is 2. The fraction of sp³-hybridized carbons (Fsp3) is 0.733. The minimum Gasteiger partial charge on any atom is -0.387 e. The average molecular weight is 408 g/mol. The zero-order valence-corrected chi connectivity index (χ0v) is 16.6. The molecule has 0 heterocycles. The van der Waals surface area contributed by atoms with Gasteiger partial charge in [-0.2, -0.15) is 0 Å². The molecule has 7 nitrogen and oxygen atoms in total. The van der Waals surface area contributed by atoms with Gasteiger partial charge >= 0.3 is 23.5 Å². The fourth-order valence-corrected chi connectivity index (χ4v) is 1.57. The number of rotatable bonds is 11. The van der Waals surface area contributed by atoms with Crippen LogP contribution < -0.4 is 0 Å². The predicted octanol–water partition coefficient (Wildman–Crippen LogP) is 1.56. The van der Waals surface area contributed by atoms with Crippen molar-refractivity contribution in [2.24, 2.45) is 0 Å². The number of hydrogen-bond acceptors (Lipinski definition) is 7. The molecule has 0 unspecified atom stereocenters. The summed E-state index contributed by atoms with van der Waals surface area (Å²) in [6.45, 7) is 6.03. The van der Waals surface area contributed by atoms with Crippen molar-refractivity contribution in [3.05, 3.63) is 0 Å². The normalized spacial score (nSPS) is 10.6. The van der Waals surface area contributed by atoms with Crippen molar-refractivity contribution in [3.8, 4) is 0 Å². The van der Waals surface area contributed by atoms with Gasteiger partial charge in [-0.15, -0.1) is 0 Å². The third kappa shape index (κ3) is 8.09. The molecule has 0 aromatic rings. The standard InChI is InChI=1S/C15H24O7.Zr/c1-5-7-9-20-15(11(3)16,21-10-8-6-2)13(18)14(19)22-12(4)17;/h5-10H2,1-4H3;. The van der Waals surface area contributed by atoms with Crippen molar-refractivity contribution in [1.82, 2.24) is 0 Å². The van der Waals surface area contributed by atoms with E-state index in [0.29, 0.717) is 12.8 Å². The zero-order chi connectivity index (χ0) is 17.2. The van der Waals surface area contributed by atoms with Crippen LogP contribution in [0.2, 0.25) is 0 Å². The summed E-state index contributed by atoms with van der Waals surface area (Å²) in [6.07, 6.45) is 2.71. The molecule has 0 saturated carbocycles. The number of ketones is 2. The predicted molar refractivity (Wildman–Crippen MR) is 76.9 cm³/mol. The molecule has 0 atom stereocenters. The number of carbonyl (C=O) groups is 4. The van der Waals surface area contributed by atoms with Gasteiger partial charge in [0.1, 0.15) is 0 Å². The van der Waals surface area contributed by atoms with Crippen molar-refractivity contribution in [1.29, 1.82) is 0 Å². The summed E-state index contributed by atoms with van der Waals surface area (Å²) in [7, 11) is 0. The Bertz CT molecular complexity index is 410. The van der Waals surface area contributed by atoms with Crippen molar-refractivity contribution >= 4 is 23.5 Å². The maximum Gasteiger partial charge on any atom is 0.388 e. The van der Waals surface area contributed by atoms with Crippen LogP contribution in [0.3, 0.4) is 0 Å². The van der Waals surface area contributed by atoms with E-state index < -0.39 is 29.3 Å². The van der Waals surface area contributed by atoms with Crippen molar-refractivity contribution in [3.63, 3.8) is 0 Å². The summed E-state index contributed by atoms with van der Waals surface area (Å²) in [6, 6.07) is 0. The second kappa shape index (κ2) is 12.7. The first-order chi connectivity index (χ1) is 10.3. The van der Waals surface area contributed by atoms with Crippen molar-refractivity contribution < 1.29 is 59.6 Å². The van der Waals surface area contributed by atoms with E-state index in [9.17, 15) is 19.2 Å². The van der Waals surface area contributed by atoms with E-state index in [0.717, 1.165) is 26.7 Å². The Morgan fingerprint density at radius 2 is 1.30 bits per heavy atom. The SMILES string of the molecule is CCCCOC(OCCCC)(C(C)=O)C(=O)C(=O)OC(C)=O.[Zr]. The Morgan fingerprint density at radius 3 is 1.61 bits per heavy atom. The quantitative estimate of drug-likeness (QED) is 0.169. The average Bonchev–Trinajstić information content (AvgIpc) is 2.44. The minimum atomic E-state index is -2.34. The first-order valence-corrected chi connectivity index (χ1v) is 7.37. The van der Waals surface area contributed by atoms with Crippen LogP contribution in [0.5, 0.6) is 0 Å². The van der Waals surface area contributed by atoms with E-state index in [1.807, 2.05) is 13.8 Å². The van der Waals surface area contributed by atoms with Gasteiger partial charge in [0, 0.05) is 40.1 Å². The van der Waals surface area contributed by atoms with Gasteiger partial charge in [-0.25, -0.2) is 4.79 Å². The summed E-state index contributed by atoms with van der Waals surface area (Å²) >= 11 is 0. The van der Waals surface area contributed by atoms with E-state index in [1.165, 1.54) is 0 Å². The van der Waals surface area contributed by atoms with Crippen LogP contribution in [0, 0.1) is 0 Å². The van der Waals surface area contributed by atoms with E-state index in [1.54, 1.807) is 0 Å². The Morgan fingerprint density at radius 1 is 0.870 bits per heavy atom. The maximum absolute atomic E-state index is 12.2. The van der Waals surface area contributed by atoms with Crippen LogP contribution in [0.15, 0.2) is 0 Å². The molecule has 0 rings (SSSR count). The molecule has 130 valence electrons. The monoisotopic (exact) mass is 406 g/mol. The largest absolute Gasteiger partial charge is 0.388 e. The molecule has 0 spiro atoms. The van der Waals surface area contributed by atoms with Crippen molar-refractivity contribution in [2.45, 2.75) is 59.2 Å². The third-order valence-corrected chi connectivity index (χ3v) is 2.79. The Labute approximate surface area is 155 Å². The number of unbranched alkanes of at least 4 members (excludes halogenated alkanes) is 2. The molecule has 23 heavy (non-hydrogen) atoms. The summed E-state index contributed by atoms with van der Waals surface area (Å²) in [5.74, 6) is -6.82. The van der Waals surface area contributed by atoms with Crippen molar-refractivity contribution in [2.75, 3.05) is 13.2 Å². The van der Waals surface area contributed by atoms with Crippen LogP contribution >= 0.6 is 0 Å². The second-order valence-corrected chi connectivity index (χ2v) is 4.79. The summed E-state index contributed by atoms with van der Waals surface area (Å²) in [5, 5.41) is 0. The van der Waals surface area contributed by atoms with E-state index in [4.69, 9.17) is 9.47 Å². The van der Waals surface area contributed by atoms with Gasteiger partial charge in [0.05, 0.1) is 13.2 Å². The molecule has 0 aliphatic heterocycles. The molecule has 0 N–H and O–H groups in total. The molecule has 0 aliphatic rings. The molecule has 0 amide bonds. The fourth-order valence-electron chi connectivity index (χ4n) is 1.57. The summed E-state index contributed by atoms with van der Waals surface area (Å²) in [4.78, 5) is 46.6. The number of carbonyl (C=O) groups excluding carboxylic acids is 4. The first kappa shape index (κ1) is 24.5. The number of hydrogen-bond donors (Lipinski definition) is 0. The maximum atomic E-state index is 12.2. The molecule has 0 aromatic carbocycles. The van der Waals surface area contributed by atoms with Crippen LogP contribution in [0.4, 0.5) is 0 Å². The molecular weight excluding hydrogens is 383 g/mol.